The van der Waals surface area contributed by atoms with Crippen LogP contribution < -0.4 is 15.4 Å². The fourth-order valence-electron chi connectivity index (χ4n) is 5.05. The zero-order valence-electron chi connectivity index (χ0n) is 16.1. The number of anilines is 1. The molecule has 3 aliphatic rings. The molecular weight excluding hydrogens is 370 g/mol. The van der Waals surface area contributed by atoms with Gasteiger partial charge in [-0.15, -0.1) is 0 Å². The molecule has 0 saturated carbocycles. The highest BCUT2D eigenvalue weighted by molar-refractivity contribution is 6.15. The van der Waals surface area contributed by atoms with Crippen LogP contribution in [0.25, 0.3) is 0 Å². The average Bonchev–Trinajstić information content (AvgIpc) is 3.28. The van der Waals surface area contributed by atoms with Gasteiger partial charge in [-0.3, -0.25) is 24.6 Å². The van der Waals surface area contributed by atoms with Crippen molar-refractivity contribution in [3.63, 3.8) is 0 Å². The molecule has 0 radical (unpaired) electrons. The van der Waals surface area contributed by atoms with Crippen molar-refractivity contribution in [2.75, 3.05) is 12.4 Å². The summed E-state index contributed by atoms with van der Waals surface area (Å²) in [5, 5.41) is 6.18. The molecule has 2 saturated heterocycles. The van der Waals surface area contributed by atoms with Crippen LogP contribution in [0.1, 0.15) is 18.1 Å². The predicted octanol–water partition coefficient (Wildman–Crippen LogP) is 1.64. The van der Waals surface area contributed by atoms with Gasteiger partial charge in [-0.25, -0.2) is 0 Å². The molecule has 2 N–H and O–H groups in total. The second-order valence-corrected chi connectivity index (χ2v) is 7.85. The summed E-state index contributed by atoms with van der Waals surface area (Å²) in [4.78, 5) is 41.0. The van der Waals surface area contributed by atoms with E-state index in [1.54, 1.807) is 19.2 Å². The van der Waals surface area contributed by atoms with Gasteiger partial charge in [-0.05, 0) is 30.7 Å². The Balaban J connectivity index is 1.53. The summed E-state index contributed by atoms with van der Waals surface area (Å²) < 4.78 is 5.16. The van der Waals surface area contributed by atoms with E-state index in [2.05, 4.69) is 10.6 Å². The van der Waals surface area contributed by atoms with Gasteiger partial charge in [0.2, 0.25) is 17.7 Å². The second kappa shape index (κ2) is 6.15. The molecule has 3 amide bonds. The lowest BCUT2D eigenvalue weighted by Gasteiger charge is -2.29. The third kappa shape index (κ3) is 2.31. The van der Waals surface area contributed by atoms with Crippen molar-refractivity contribution in [3.05, 3.63) is 59.7 Å². The minimum absolute atomic E-state index is 0.181. The number of likely N-dealkylation sites (tertiary alicyclic amines) is 1. The van der Waals surface area contributed by atoms with Crippen LogP contribution in [0.5, 0.6) is 5.75 Å². The number of ether oxygens (including phenoxy) is 1. The normalized spacial score (nSPS) is 29.9. The maximum absolute atomic E-state index is 13.4. The zero-order valence-corrected chi connectivity index (χ0v) is 16.1. The van der Waals surface area contributed by atoms with Crippen LogP contribution >= 0.6 is 0 Å². The Bertz CT molecular complexity index is 1030. The standard InChI is InChI=1S/C22H21N3O4/c1-12-17-18(22(24-12)15-5-3-4-6-16(15)23-21(22)28)20(27)25(19(17)26)11-13-7-9-14(29-2)10-8-13/h3-10,12,17-18,24H,11H2,1-2H3,(H,23,28). The number of fused-ring (bicyclic) bond motifs is 4. The first-order valence-corrected chi connectivity index (χ1v) is 9.64. The van der Waals surface area contributed by atoms with E-state index in [0.717, 1.165) is 11.1 Å². The van der Waals surface area contributed by atoms with Gasteiger partial charge in [0.25, 0.3) is 0 Å². The molecule has 5 rings (SSSR count). The summed E-state index contributed by atoms with van der Waals surface area (Å²) in [7, 11) is 1.59. The summed E-state index contributed by atoms with van der Waals surface area (Å²) in [5.41, 5.74) is 1.05. The van der Waals surface area contributed by atoms with Gasteiger partial charge in [0.15, 0.2) is 0 Å². The Labute approximate surface area is 168 Å². The van der Waals surface area contributed by atoms with Crippen LogP contribution in [-0.4, -0.2) is 35.8 Å². The number of para-hydroxylation sites is 1. The predicted molar refractivity (Wildman–Crippen MR) is 105 cm³/mol. The van der Waals surface area contributed by atoms with Gasteiger partial charge in [0.1, 0.15) is 11.3 Å². The topological polar surface area (TPSA) is 87.7 Å². The number of rotatable bonds is 3. The van der Waals surface area contributed by atoms with E-state index in [-0.39, 0.29) is 30.3 Å². The molecule has 2 aromatic carbocycles. The molecule has 0 aromatic heterocycles. The van der Waals surface area contributed by atoms with Crippen molar-refractivity contribution < 1.29 is 19.1 Å². The van der Waals surface area contributed by atoms with Crippen LogP contribution in [-0.2, 0) is 26.5 Å². The number of benzene rings is 2. The van der Waals surface area contributed by atoms with Crippen molar-refractivity contribution in [1.29, 1.82) is 0 Å². The van der Waals surface area contributed by atoms with Crippen molar-refractivity contribution in [2.45, 2.75) is 25.0 Å². The van der Waals surface area contributed by atoms with E-state index in [9.17, 15) is 14.4 Å². The number of imide groups is 1. The van der Waals surface area contributed by atoms with Gasteiger partial charge < -0.3 is 10.1 Å². The summed E-state index contributed by atoms with van der Waals surface area (Å²) in [5.74, 6) is -1.43. The van der Waals surface area contributed by atoms with Gasteiger partial charge in [-0.2, -0.15) is 0 Å². The number of nitrogens with one attached hydrogen (secondary N) is 2. The van der Waals surface area contributed by atoms with Crippen LogP contribution in [0, 0.1) is 11.8 Å². The highest BCUT2D eigenvalue weighted by Gasteiger charge is 2.69. The first-order valence-electron chi connectivity index (χ1n) is 9.64. The van der Waals surface area contributed by atoms with Crippen LogP contribution in [0.3, 0.4) is 0 Å². The van der Waals surface area contributed by atoms with Gasteiger partial charge in [0.05, 0.1) is 25.5 Å². The van der Waals surface area contributed by atoms with Gasteiger partial charge in [0, 0.05) is 17.3 Å². The molecule has 29 heavy (non-hydrogen) atoms. The summed E-state index contributed by atoms with van der Waals surface area (Å²) in [6, 6.07) is 14.3. The molecule has 0 bridgehead atoms. The molecule has 4 atom stereocenters. The minimum Gasteiger partial charge on any atom is -0.497 e. The van der Waals surface area contributed by atoms with Gasteiger partial charge in [-0.1, -0.05) is 30.3 Å². The van der Waals surface area contributed by atoms with Crippen LogP contribution in [0.2, 0.25) is 0 Å². The molecule has 0 aliphatic carbocycles. The third-order valence-electron chi connectivity index (χ3n) is 6.36. The van der Waals surface area contributed by atoms with Gasteiger partial charge >= 0.3 is 0 Å². The van der Waals surface area contributed by atoms with E-state index < -0.39 is 17.4 Å². The van der Waals surface area contributed by atoms with Crippen LogP contribution in [0.15, 0.2) is 48.5 Å². The quantitative estimate of drug-likeness (QED) is 0.777. The number of carbonyl (C=O) groups excluding carboxylic acids is 3. The fourth-order valence-corrected chi connectivity index (χ4v) is 5.05. The van der Waals surface area contributed by atoms with Crippen molar-refractivity contribution in [3.8, 4) is 5.75 Å². The largest absolute Gasteiger partial charge is 0.497 e. The number of hydrogen-bond donors (Lipinski definition) is 2. The van der Waals surface area contributed by atoms with Crippen molar-refractivity contribution >= 4 is 23.4 Å². The Hall–Kier alpha value is -3.19. The third-order valence-corrected chi connectivity index (χ3v) is 6.36. The number of hydrogen-bond acceptors (Lipinski definition) is 5. The summed E-state index contributed by atoms with van der Waals surface area (Å²) in [6.45, 7) is 2.05. The molecular formula is C22H21N3O4. The van der Waals surface area contributed by atoms with E-state index in [0.29, 0.717) is 11.4 Å². The summed E-state index contributed by atoms with van der Waals surface area (Å²) >= 11 is 0. The molecule has 2 aromatic rings. The van der Waals surface area contributed by atoms with E-state index >= 15 is 0 Å². The number of methoxy groups -OCH3 is 1. The summed E-state index contributed by atoms with van der Waals surface area (Å²) in [6.07, 6.45) is 0. The number of carbonyl (C=O) groups is 3. The van der Waals surface area contributed by atoms with Crippen molar-refractivity contribution in [2.24, 2.45) is 11.8 Å². The van der Waals surface area contributed by atoms with E-state index in [1.807, 2.05) is 43.3 Å². The lowest BCUT2D eigenvalue weighted by Crippen LogP contribution is -2.52. The lowest BCUT2D eigenvalue weighted by atomic mass is 9.76. The first-order chi connectivity index (χ1) is 14.0. The number of amides is 3. The molecule has 7 nitrogen and oxygen atoms in total. The molecule has 148 valence electrons. The Morgan fingerprint density at radius 2 is 1.76 bits per heavy atom. The molecule has 2 fully saturated rings. The Morgan fingerprint density at radius 3 is 2.48 bits per heavy atom. The van der Waals surface area contributed by atoms with Crippen LogP contribution in [0.4, 0.5) is 5.69 Å². The molecule has 3 heterocycles. The maximum Gasteiger partial charge on any atom is 0.250 e. The average molecular weight is 391 g/mol. The SMILES string of the molecule is COc1ccc(CN2C(=O)C3C(C)NC4(C(=O)Nc5ccccc54)C3C2=O)cc1. The molecule has 1 spiro atoms. The first kappa shape index (κ1) is 17.9. The van der Waals surface area contributed by atoms with E-state index in [4.69, 9.17) is 4.74 Å². The smallest absolute Gasteiger partial charge is 0.250 e. The zero-order chi connectivity index (χ0) is 20.3. The number of nitrogens with zero attached hydrogens (tertiary/aromatic N) is 1. The Kier molecular flexibility index (Phi) is 3.79. The highest BCUT2D eigenvalue weighted by atomic mass is 16.5. The monoisotopic (exact) mass is 391 g/mol. The maximum atomic E-state index is 13.4. The molecule has 4 unspecified atom stereocenters. The molecule has 3 aliphatic heterocycles. The Morgan fingerprint density at radius 1 is 1.03 bits per heavy atom. The molecule has 7 heteroatoms. The minimum atomic E-state index is -1.21. The van der Waals surface area contributed by atoms with Crippen molar-refractivity contribution in [1.82, 2.24) is 10.2 Å². The van der Waals surface area contributed by atoms with E-state index in [1.165, 1.54) is 4.90 Å². The fraction of sp³-hybridized carbons (Fsp3) is 0.318. The highest BCUT2D eigenvalue weighted by Crippen LogP contribution is 2.52. The lowest BCUT2D eigenvalue weighted by molar-refractivity contribution is -0.143. The second-order valence-electron chi connectivity index (χ2n) is 7.85.